The first-order valence-corrected chi connectivity index (χ1v) is 11.1. The van der Waals surface area contributed by atoms with Crippen LogP contribution in [0.4, 0.5) is 11.4 Å². The van der Waals surface area contributed by atoms with Gasteiger partial charge in [0.2, 0.25) is 5.91 Å². The number of benzene rings is 2. The van der Waals surface area contributed by atoms with Gasteiger partial charge in [-0.05, 0) is 43.2 Å². The predicted molar refractivity (Wildman–Crippen MR) is 127 cm³/mol. The minimum absolute atomic E-state index is 0.0652. The second-order valence-corrected chi connectivity index (χ2v) is 8.69. The van der Waals surface area contributed by atoms with Crippen LogP contribution in [0.1, 0.15) is 24.8 Å². The zero-order chi connectivity index (χ0) is 23.3. The van der Waals surface area contributed by atoms with Crippen molar-refractivity contribution >= 4 is 34.7 Å². The highest BCUT2D eigenvalue weighted by Gasteiger charge is 2.62. The van der Waals surface area contributed by atoms with Crippen molar-refractivity contribution in [3.8, 4) is 6.07 Å². The molecule has 2 N–H and O–H groups in total. The number of hydrogen-bond acceptors (Lipinski definition) is 5. The lowest BCUT2D eigenvalue weighted by Gasteiger charge is -2.43. The summed E-state index contributed by atoms with van der Waals surface area (Å²) in [5.74, 6) is -0.336. The summed E-state index contributed by atoms with van der Waals surface area (Å²) >= 11 is 6.08. The number of fused-ring (bicyclic) bond motifs is 3. The Kier molecular flexibility index (Phi) is 4.88. The minimum atomic E-state index is -1.56. The van der Waals surface area contributed by atoms with E-state index in [4.69, 9.17) is 17.3 Å². The van der Waals surface area contributed by atoms with E-state index in [1.165, 1.54) is 0 Å². The third kappa shape index (κ3) is 2.73. The molecule has 164 valence electrons. The Morgan fingerprint density at radius 3 is 2.58 bits per heavy atom. The van der Waals surface area contributed by atoms with Crippen molar-refractivity contribution < 1.29 is 9.59 Å². The number of allylic oxidation sites excluding steroid dienone is 1. The average Bonchev–Trinajstić information content (AvgIpc) is 3.05. The second kappa shape index (κ2) is 7.65. The van der Waals surface area contributed by atoms with E-state index in [-0.39, 0.29) is 29.6 Å². The molecule has 33 heavy (non-hydrogen) atoms. The first-order valence-electron chi connectivity index (χ1n) is 10.7. The molecule has 0 saturated carbocycles. The van der Waals surface area contributed by atoms with Crippen LogP contribution in [0.2, 0.25) is 5.02 Å². The van der Waals surface area contributed by atoms with E-state index in [1.54, 1.807) is 40.1 Å². The summed E-state index contributed by atoms with van der Waals surface area (Å²) in [6.45, 7) is 4.04. The van der Waals surface area contributed by atoms with Crippen LogP contribution in [-0.2, 0) is 15.0 Å². The number of para-hydroxylation sites is 1. The van der Waals surface area contributed by atoms with Crippen molar-refractivity contribution in [1.29, 1.82) is 5.26 Å². The highest BCUT2D eigenvalue weighted by molar-refractivity contribution is 6.30. The minimum Gasteiger partial charge on any atom is -0.384 e. The van der Waals surface area contributed by atoms with E-state index in [0.717, 1.165) is 0 Å². The molecular weight excluding hydrogens is 436 g/mol. The number of ketones is 1. The Morgan fingerprint density at radius 2 is 1.88 bits per heavy atom. The number of amides is 1. The number of carbonyl (C=O) groups is 2. The molecule has 0 bridgehead atoms. The summed E-state index contributed by atoms with van der Waals surface area (Å²) in [5.41, 5.74) is 8.12. The summed E-state index contributed by atoms with van der Waals surface area (Å²) in [6, 6.07) is 16.5. The van der Waals surface area contributed by atoms with E-state index < -0.39 is 5.41 Å². The number of Topliss-reactive ketones (excluding diaryl/α,β-unsaturated/α-hetero) is 1. The van der Waals surface area contributed by atoms with Crippen LogP contribution in [0.5, 0.6) is 0 Å². The van der Waals surface area contributed by atoms with Crippen molar-refractivity contribution in [2.24, 2.45) is 5.73 Å². The van der Waals surface area contributed by atoms with E-state index >= 15 is 0 Å². The fourth-order valence-electron chi connectivity index (χ4n) is 5.32. The van der Waals surface area contributed by atoms with Gasteiger partial charge in [-0.15, -0.1) is 6.58 Å². The molecule has 2 heterocycles. The van der Waals surface area contributed by atoms with E-state index in [2.05, 4.69) is 12.6 Å². The van der Waals surface area contributed by atoms with Crippen LogP contribution in [0.3, 0.4) is 0 Å². The maximum absolute atomic E-state index is 14.1. The van der Waals surface area contributed by atoms with E-state index in [0.29, 0.717) is 52.5 Å². The smallest absolute Gasteiger partial charge is 0.248 e. The van der Waals surface area contributed by atoms with Gasteiger partial charge in [-0.25, -0.2) is 0 Å². The van der Waals surface area contributed by atoms with Crippen molar-refractivity contribution in [2.45, 2.75) is 24.7 Å². The van der Waals surface area contributed by atoms with Crippen molar-refractivity contribution in [2.75, 3.05) is 16.3 Å². The highest BCUT2D eigenvalue weighted by atomic mass is 35.5. The number of nitrogens with two attached hydrogens (primary N) is 1. The Labute approximate surface area is 196 Å². The quantitative estimate of drug-likeness (QED) is 0.694. The maximum Gasteiger partial charge on any atom is 0.248 e. The fraction of sp³-hybridized carbons (Fsp3) is 0.192. The summed E-state index contributed by atoms with van der Waals surface area (Å²) in [6.07, 6.45) is 3.14. The van der Waals surface area contributed by atoms with Gasteiger partial charge in [0.05, 0.1) is 5.57 Å². The molecule has 1 amide bonds. The topological polar surface area (TPSA) is 90.4 Å². The van der Waals surface area contributed by atoms with Gasteiger partial charge in [-0.2, -0.15) is 5.26 Å². The molecule has 3 aliphatic rings. The normalized spacial score (nSPS) is 21.9. The molecule has 7 heteroatoms. The van der Waals surface area contributed by atoms with Crippen molar-refractivity contribution in [3.05, 3.63) is 94.4 Å². The molecule has 1 atom stereocenters. The Hall–Kier alpha value is -3.82. The number of anilines is 2. The highest BCUT2D eigenvalue weighted by Crippen LogP contribution is 2.56. The largest absolute Gasteiger partial charge is 0.384 e. The second-order valence-electron chi connectivity index (χ2n) is 8.25. The third-order valence-corrected chi connectivity index (χ3v) is 6.83. The molecule has 0 aromatic heterocycles. The third-order valence-electron chi connectivity index (χ3n) is 6.57. The molecule has 2 aromatic carbocycles. The molecule has 2 aliphatic heterocycles. The number of hydrogen-bond donors (Lipinski definition) is 1. The van der Waals surface area contributed by atoms with Gasteiger partial charge in [-0.3, -0.25) is 14.5 Å². The zero-order valence-corrected chi connectivity index (χ0v) is 18.6. The lowest BCUT2D eigenvalue weighted by Crippen LogP contribution is -2.52. The van der Waals surface area contributed by atoms with Crippen LogP contribution in [0.15, 0.2) is 83.9 Å². The monoisotopic (exact) mass is 456 g/mol. The van der Waals surface area contributed by atoms with Gasteiger partial charge in [0.15, 0.2) is 5.78 Å². The molecule has 0 saturated heterocycles. The van der Waals surface area contributed by atoms with Crippen LogP contribution in [0.25, 0.3) is 0 Å². The summed E-state index contributed by atoms with van der Waals surface area (Å²) in [5, 5.41) is 10.9. The van der Waals surface area contributed by atoms with Crippen LogP contribution in [0, 0.1) is 11.3 Å². The number of carbonyl (C=O) groups excluding carboxylic acids is 2. The summed E-state index contributed by atoms with van der Waals surface area (Å²) in [7, 11) is 0. The fourth-order valence-corrected chi connectivity index (χ4v) is 5.45. The molecule has 0 unspecified atom stereocenters. The molecule has 2 aromatic rings. The predicted octanol–water partition coefficient (Wildman–Crippen LogP) is 4.33. The molecule has 0 fully saturated rings. The average molecular weight is 457 g/mol. The maximum atomic E-state index is 14.1. The van der Waals surface area contributed by atoms with Gasteiger partial charge in [0, 0.05) is 46.2 Å². The molecule has 1 aliphatic carbocycles. The Balaban J connectivity index is 1.88. The van der Waals surface area contributed by atoms with Crippen LogP contribution in [-0.4, -0.2) is 18.2 Å². The standard InChI is InChI=1S/C26H21ClN4O2/c1-2-14-30-20-7-4-3-6-18(20)26(25(30)33)19(15-28)24(29)31(17-12-10-16(27)11-13-17)21-8-5-9-22(32)23(21)26/h2-4,6-7,10-13H,1,5,8-9,14,29H2/t26-/m1/s1. The summed E-state index contributed by atoms with van der Waals surface area (Å²) < 4.78 is 0. The molecule has 6 nitrogen and oxygen atoms in total. The molecule has 0 radical (unpaired) electrons. The van der Waals surface area contributed by atoms with Gasteiger partial charge in [0.25, 0.3) is 0 Å². The number of rotatable bonds is 3. The number of nitriles is 1. The van der Waals surface area contributed by atoms with Crippen molar-refractivity contribution in [1.82, 2.24) is 0 Å². The van der Waals surface area contributed by atoms with Gasteiger partial charge >= 0.3 is 0 Å². The van der Waals surface area contributed by atoms with Crippen LogP contribution < -0.4 is 15.5 Å². The van der Waals surface area contributed by atoms with E-state index in [9.17, 15) is 14.9 Å². The Morgan fingerprint density at radius 1 is 1.15 bits per heavy atom. The molecular formula is C26H21ClN4O2. The SMILES string of the molecule is C=CCN1C(=O)[C@@]2(C(C#N)=C(N)N(c3ccc(Cl)cc3)C3=C2C(=O)CCC3)c2ccccc21. The lowest BCUT2D eigenvalue weighted by atomic mass is 9.64. The van der Waals surface area contributed by atoms with Gasteiger partial charge < -0.3 is 10.6 Å². The van der Waals surface area contributed by atoms with Gasteiger partial charge in [0.1, 0.15) is 17.3 Å². The summed E-state index contributed by atoms with van der Waals surface area (Å²) in [4.78, 5) is 31.0. The number of nitrogens with zero attached hydrogens (tertiary/aromatic N) is 3. The zero-order valence-electron chi connectivity index (χ0n) is 17.8. The molecule has 1 spiro atoms. The number of halogens is 1. The Bertz CT molecular complexity index is 1320. The van der Waals surface area contributed by atoms with Crippen molar-refractivity contribution in [3.63, 3.8) is 0 Å². The first kappa shape index (κ1) is 21.0. The molecule has 5 rings (SSSR count). The van der Waals surface area contributed by atoms with Crippen LogP contribution >= 0.6 is 11.6 Å². The van der Waals surface area contributed by atoms with E-state index in [1.807, 2.05) is 24.3 Å². The van der Waals surface area contributed by atoms with Gasteiger partial charge in [-0.1, -0.05) is 35.9 Å². The lowest BCUT2D eigenvalue weighted by molar-refractivity contribution is -0.124. The first-order chi connectivity index (χ1) is 16.0.